The largest absolute Gasteiger partial charge is 0.478 e. The highest BCUT2D eigenvalue weighted by molar-refractivity contribution is 5.98. The summed E-state index contributed by atoms with van der Waals surface area (Å²) in [6, 6.07) is 1.60. The molecule has 1 fully saturated rings. The molecule has 1 saturated carbocycles. The predicted octanol–water partition coefficient (Wildman–Crippen LogP) is 2.97. The number of aryl methyl sites for hydroxylation is 1. The van der Waals surface area contributed by atoms with Crippen molar-refractivity contribution in [3.63, 3.8) is 0 Å². The van der Waals surface area contributed by atoms with E-state index >= 15 is 0 Å². The first-order valence-electron chi connectivity index (χ1n) is 6.04. The normalized spacial score (nSPS) is 15.2. The van der Waals surface area contributed by atoms with Crippen molar-refractivity contribution in [2.24, 2.45) is 0 Å². The van der Waals surface area contributed by atoms with Crippen LogP contribution in [0.2, 0.25) is 0 Å². The molecule has 2 N–H and O–H groups in total. The maximum atomic E-state index is 11.4. The van der Waals surface area contributed by atoms with Gasteiger partial charge in [-0.25, -0.2) is 9.59 Å². The van der Waals surface area contributed by atoms with Crippen molar-refractivity contribution in [3.05, 3.63) is 33.9 Å². The summed E-state index contributed by atoms with van der Waals surface area (Å²) in [5, 5.41) is 18.5. The summed E-state index contributed by atoms with van der Waals surface area (Å²) >= 11 is 0. The molecular weight excluding hydrogens is 232 g/mol. The van der Waals surface area contributed by atoms with Gasteiger partial charge >= 0.3 is 11.9 Å². The number of hydrogen-bond acceptors (Lipinski definition) is 2. The lowest BCUT2D eigenvalue weighted by molar-refractivity contribution is 0.0693. The van der Waals surface area contributed by atoms with Gasteiger partial charge in [0, 0.05) is 0 Å². The minimum atomic E-state index is -1.07. The third-order valence-electron chi connectivity index (χ3n) is 3.79. The van der Waals surface area contributed by atoms with Crippen LogP contribution in [0.25, 0.3) is 0 Å². The van der Waals surface area contributed by atoms with Crippen LogP contribution < -0.4 is 0 Å². The summed E-state index contributed by atoms with van der Waals surface area (Å²) in [7, 11) is 0. The van der Waals surface area contributed by atoms with Crippen molar-refractivity contribution in [1.82, 2.24) is 0 Å². The van der Waals surface area contributed by atoms with E-state index in [2.05, 4.69) is 0 Å². The van der Waals surface area contributed by atoms with E-state index in [1.807, 2.05) is 0 Å². The van der Waals surface area contributed by atoms with Crippen LogP contribution in [0.1, 0.15) is 62.6 Å². The van der Waals surface area contributed by atoms with Crippen molar-refractivity contribution < 1.29 is 19.8 Å². The van der Waals surface area contributed by atoms with Crippen LogP contribution in [0.5, 0.6) is 0 Å². The molecule has 0 heterocycles. The Balaban J connectivity index is 2.69. The number of carboxylic acids is 2. The van der Waals surface area contributed by atoms with Gasteiger partial charge in [-0.05, 0) is 55.4 Å². The van der Waals surface area contributed by atoms with Crippen molar-refractivity contribution in [2.75, 3.05) is 0 Å². The van der Waals surface area contributed by atoms with E-state index in [1.54, 1.807) is 19.9 Å². The molecule has 0 radical (unpaired) electrons. The molecule has 0 unspecified atom stereocenters. The quantitative estimate of drug-likeness (QED) is 0.862. The highest BCUT2D eigenvalue weighted by atomic mass is 16.4. The lowest BCUT2D eigenvalue weighted by atomic mass is 9.75. The first-order chi connectivity index (χ1) is 8.43. The second-order valence-electron chi connectivity index (χ2n) is 4.89. The van der Waals surface area contributed by atoms with E-state index in [9.17, 15) is 14.7 Å². The third kappa shape index (κ3) is 1.88. The average molecular weight is 248 g/mol. The lowest BCUT2D eigenvalue weighted by Crippen LogP contribution is -2.19. The Bertz CT molecular complexity index is 527. The average Bonchev–Trinajstić information content (AvgIpc) is 2.19. The zero-order valence-electron chi connectivity index (χ0n) is 10.5. The first-order valence-corrected chi connectivity index (χ1v) is 6.04. The highest BCUT2D eigenvalue weighted by Gasteiger charge is 2.29. The van der Waals surface area contributed by atoms with Gasteiger partial charge in [0.25, 0.3) is 0 Å². The minimum absolute atomic E-state index is 0.0907. The fraction of sp³-hybridized carbons (Fsp3) is 0.429. The number of aromatic carboxylic acids is 2. The van der Waals surface area contributed by atoms with Crippen molar-refractivity contribution in [3.8, 4) is 0 Å². The zero-order chi connectivity index (χ0) is 13.4. The molecular formula is C14H16O4. The molecule has 0 atom stereocenters. The molecule has 1 aromatic carbocycles. The molecule has 0 bridgehead atoms. The minimum Gasteiger partial charge on any atom is -0.478 e. The van der Waals surface area contributed by atoms with Crippen molar-refractivity contribution in [1.29, 1.82) is 0 Å². The monoisotopic (exact) mass is 248 g/mol. The molecule has 18 heavy (non-hydrogen) atoms. The second-order valence-corrected chi connectivity index (χ2v) is 4.89. The predicted molar refractivity (Wildman–Crippen MR) is 66.4 cm³/mol. The molecule has 96 valence electrons. The van der Waals surface area contributed by atoms with Gasteiger partial charge in [-0.1, -0.05) is 6.42 Å². The fourth-order valence-electron chi connectivity index (χ4n) is 2.66. The van der Waals surface area contributed by atoms with Gasteiger partial charge in [-0.15, -0.1) is 0 Å². The van der Waals surface area contributed by atoms with Crippen LogP contribution in [-0.2, 0) is 0 Å². The van der Waals surface area contributed by atoms with Gasteiger partial charge in [-0.3, -0.25) is 0 Å². The SMILES string of the molecule is Cc1cc(C(=O)O)c(C)c(C(=O)O)c1C1CCC1. The van der Waals surface area contributed by atoms with Gasteiger partial charge < -0.3 is 10.2 Å². The van der Waals surface area contributed by atoms with Crippen LogP contribution in [0.4, 0.5) is 0 Å². The molecule has 1 aromatic rings. The van der Waals surface area contributed by atoms with E-state index in [0.717, 1.165) is 30.4 Å². The molecule has 0 spiro atoms. The molecule has 1 aliphatic rings. The molecule has 0 aliphatic heterocycles. The van der Waals surface area contributed by atoms with E-state index in [4.69, 9.17) is 5.11 Å². The Kier molecular flexibility index (Phi) is 3.11. The summed E-state index contributed by atoms with van der Waals surface area (Å²) in [5.41, 5.74) is 2.25. The number of benzene rings is 1. The van der Waals surface area contributed by atoms with Gasteiger partial charge in [0.1, 0.15) is 0 Å². The van der Waals surface area contributed by atoms with Gasteiger partial charge in [-0.2, -0.15) is 0 Å². The van der Waals surface area contributed by atoms with Crippen molar-refractivity contribution >= 4 is 11.9 Å². The topological polar surface area (TPSA) is 74.6 Å². The molecule has 4 heteroatoms. The van der Waals surface area contributed by atoms with Gasteiger partial charge in [0.05, 0.1) is 11.1 Å². The fourth-order valence-corrected chi connectivity index (χ4v) is 2.66. The van der Waals surface area contributed by atoms with Crippen LogP contribution in [0, 0.1) is 13.8 Å². The Hall–Kier alpha value is -1.84. The third-order valence-corrected chi connectivity index (χ3v) is 3.79. The maximum Gasteiger partial charge on any atom is 0.336 e. The van der Waals surface area contributed by atoms with Gasteiger partial charge in [0.2, 0.25) is 0 Å². The number of carbonyl (C=O) groups is 2. The molecule has 4 nitrogen and oxygen atoms in total. The number of carboxylic acid groups (broad SMARTS) is 2. The van der Waals surface area contributed by atoms with E-state index < -0.39 is 11.9 Å². The Morgan fingerprint density at radius 1 is 1.17 bits per heavy atom. The summed E-state index contributed by atoms with van der Waals surface area (Å²) < 4.78 is 0. The zero-order valence-corrected chi connectivity index (χ0v) is 10.5. The van der Waals surface area contributed by atoms with Crippen molar-refractivity contribution in [2.45, 2.75) is 39.0 Å². The Morgan fingerprint density at radius 2 is 1.78 bits per heavy atom. The molecule has 0 saturated heterocycles. The van der Waals surface area contributed by atoms with Crippen LogP contribution in [0.3, 0.4) is 0 Å². The number of hydrogen-bond donors (Lipinski definition) is 2. The van der Waals surface area contributed by atoms with Crippen LogP contribution >= 0.6 is 0 Å². The Morgan fingerprint density at radius 3 is 2.17 bits per heavy atom. The molecule has 0 aromatic heterocycles. The number of rotatable bonds is 3. The van der Waals surface area contributed by atoms with Gasteiger partial charge in [0.15, 0.2) is 0 Å². The Labute approximate surface area is 105 Å². The second kappa shape index (κ2) is 4.44. The smallest absolute Gasteiger partial charge is 0.336 e. The van der Waals surface area contributed by atoms with E-state index in [1.165, 1.54) is 0 Å². The summed E-state index contributed by atoms with van der Waals surface area (Å²) in [6.45, 7) is 3.38. The summed E-state index contributed by atoms with van der Waals surface area (Å²) in [4.78, 5) is 22.5. The van der Waals surface area contributed by atoms with E-state index in [-0.39, 0.29) is 17.0 Å². The van der Waals surface area contributed by atoms with Crippen LogP contribution in [0.15, 0.2) is 6.07 Å². The molecule has 0 amide bonds. The molecule has 2 rings (SSSR count). The summed E-state index contributed by atoms with van der Waals surface area (Å²) in [5.74, 6) is -1.82. The maximum absolute atomic E-state index is 11.4. The first kappa shape index (κ1) is 12.6. The summed E-state index contributed by atoms with van der Waals surface area (Å²) in [6.07, 6.45) is 3.10. The molecule has 1 aliphatic carbocycles. The van der Waals surface area contributed by atoms with E-state index in [0.29, 0.717) is 5.56 Å². The van der Waals surface area contributed by atoms with Crippen LogP contribution in [-0.4, -0.2) is 22.2 Å². The standard InChI is InChI=1S/C14H16O4/c1-7-6-10(13(15)16)8(2)12(14(17)18)11(7)9-4-3-5-9/h6,9H,3-5H2,1-2H3,(H,15,16)(H,17,18). The highest BCUT2D eigenvalue weighted by Crippen LogP contribution is 2.41. The lowest BCUT2D eigenvalue weighted by Gasteiger charge is -2.29.